The fraction of sp³-hybridized carbons (Fsp3) is 0.429. The average Bonchev–Trinajstić information content (AvgIpc) is 2.36. The molecule has 19 heavy (non-hydrogen) atoms. The molecule has 1 aromatic carbocycles. The maximum atomic E-state index is 13.4. The average molecular weight is 266 g/mol. The lowest BCUT2D eigenvalue weighted by Crippen LogP contribution is -2.39. The third-order valence-corrected chi connectivity index (χ3v) is 2.54. The number of benzene rings is 1. The summed E-state index contributed by atoms with van der Waals surface area (Å²) in [7, 11) is 1.48. The monoisotopic (exact) mass is 266 g/mol. The number of hydrogen-bond acceptors (Lipinski definition) is 2. The molecule has 0 saturated heterocycles. The van der Waals surface area contributed by atoms with E-state index in [0.717, 1.165) is 0 Å². The van der Waals surface area contributed by atoms with Crippen molar-refractivity contribution in [1.29, 1.82) is 0 Å². The molecular formula is C14H19FN2O2. The summed E-state index contributed by atoms with van der Waals surface area (Å²) in [5, 5.41) is 2.71. The third kappa shape index (κ3) is 4.69. The molecule has 1 aromatic rings. The summed E-state index contributed by atoms with van der Waals surface area (Å²) in [6.07, 6.45) is 0. The van der Waals surface area contributed by atoms with Gasteiger partial charge in [-0.1, -0.05) is 26.0 Å². The Labute approximate surface area is 112 Å². The number of rotatable bonds is 5. The fourth-order valence-electron chi connectivity index (χ4n) is 1.50. The normalized spacial score (nSPS) is 10.4. The minimum atomic E-state index is -0.582. The van der Waals surface area contributed by atoms with Crippen LogP contribution in [-0.2, 0) is 4.79 Å². The van der Waals surface area contributed by atoms with E-state index in [-0.39, 0.29) is 18.0 Å². The van der Waals surface area contributed by atoms with Crippen LogP contribution in [0.2, 0.25) is 0 Å². The largest absolute Gasteiger partial charge is 0.354 e. The Kier molecular flexibility index (Phi) is 5.48. The van der Waals surface area contributed by atoms with E-state index in [1.54, 1.807) is 6.07 Å². The summed E-state index contributed by atoms with van der Waals surface area (Å²) in [5.74, 6) is -0.989. The smallest absolute Gasteiger partial charge is 0.257 e. The Morgan fingerprint density at radius 3 is 2.53 bits per heavy atom. The summed E-state index contributed by atoms with van der Waals surface area (Å²) in [5.41, 5.74) is -0.0262. The lowest BCUT2D eigenvalue weighted by molar-refractivity contribution is -0.121. The van der Waals surface area contributed by atoms with Crippen molar-refractivity contribution in [3.63, 3.8) is 0 Å². The Balaban J connectivity index is 2.58. The second kappa shape index (κ2) is 6.87. The van der Waals surface area contributed by atoms with Crippen LogP contribution in [0.15, 0.2) is 24.3 Å². The van der Waals surface area contributed by atoms with Gasteiger partial charge in [0.1, 0.15) is 5.82 Å². The van der Waals surface area contributed by atoms with Crippen LogP contribution in [0.25, 0.3) is 0 Å². The van der Waals surface area contributed by atoms with Crippen molar-refractivity contribution in [3.05, 3.63) is 35.6 Å². The van der Waals surface area contributed by atoms with Crippen LogP contribution < -0.4 is 5.32 Å². The summed E-state index contributed by atoms with van der Waals surface area (Å²) in [4.78, 5) is 24.7. The van der Waals surface area contributed by atoms with E-state index in [1.807, 2.05) is 13.8 Å². The minimum absolute atomic E-state index is 0.0262. The predicted octanol–water partition coefficient (Wildman–Crippen LogP) is 1.67. The highest BCUT2D eigenvalue weighted by Gasteiger charge is 2.17. The predicted molar refractivity (Wildman–Crippen MR) is 71.2 cm³/mol. The zero-order valence-electron chi connectivity index (χ0n) is 11.4. The topological polar surface area (TPSA) is 49.4 Å². The lowest BCUT2D eigenvalue weighted by atomic mass is 10.2. The molecule has 0 radical (unpaired) electrons. The van der Waals surface area contributed by atoms with Gasteiger partial charge in [-0.25, -0.2) is 4.39 Å². The number of amides is 2. The number of halogens is 1. The maximum Gasteiger partial charge on any atom is 0.257 e. The molecule has 0 bridgehead atoms. The van der Waals surface area contributed by atoms with Gasteiger partial charge in [0.05, 0.1) is 12.1 Å². The van der Waals surface area contributed by atoms with Crippen molar-refractivity contribution < 1.29 is 14.0 Å². The van der Waals surface area contributed by atoms with Gasteiger partial charge in [-0.05, 0) is 18.1 Å². The molecule has 4 nitrogen and oxygen atoms in total. The molecule has 104 valence electrons. The number of carbonyl (C=O) groups excluding carboxylic acids is 2. The van der Waals surface area contributed by atoms with E-state index >= 15 is 0 Å². The third-order valence-electron chi connectivity index (χ3n) is 2.54. The van der Waals surface area contributed by atoms with E-state index in [1.165, 1.54) is 30.1 Å². The molecule has 0 saturated carbocycles. The van der Waals surface area contributed by atoms with Crippen LogP contribution in [0, 0.1) is 11.7 Å². The van der Waals surface area contributed by atoms with Crippen LogP contribution in [0.4, 0.5) is 4.39 Å². The van der Waals surface area contributed by atoms with E-state index in [9.17, 15) is 14.0 Å². The first-order valence-electron chi connectivity index (χ1n) is 6.18. The van der Waals surface area contributed by atoms with Gasteiger partial charge < -0.3 is 10.2 Å². The molecule has 0 aliphatic carbocycles. The number of nitrogens with zero attached hydrogens (tertiary/aromatic N) is 1. The van der Waals surface area contributed by atoms with Crippen LogP contribution >= 0.6 is 0 Å². The highest BCUT2D eigenvalue weighted by molar-refractivity contribution is 5.96. The zero-order chi connectivity index (χ0) is 14.4. The molecule has 5 heteroatoms. The first-order valence-corrected chi connectivity index (χ1v) is 6.18. The summed E-state index contributed by atoms with van der Waals surface area (Å²) in [6.45, 7) is 4.43. The second-order valence-electron chi connectivity index (χ2n) is 4.84. The van der Waals surface area contributed by atoms with E-state index in [4.69, 9.17) is 0 Å². The van der Waals surface area contributed by atoms with E-state index in [2.05, 4.69) is 5.32 Å². The Morgan fingerprint density at radius 1 is 1.32 bits per heavy atom. The lowest BCUT2D eigenvalue weighted by Gasteiger charge is -2.17. The van der Waals surface area contributed by atoms with Crippen LogP contribution in [0.5, 0.6) is 0 Å². The number of likely N-dealkylation sites (N-methyl/N-ethyl adjacent to an activating group) is 1. The van der Waals surface area contributed by atoms with Gasteiger partial charge in [-0.2, -0.15) is 0 Å². The molecule has 1 rings (SSSR count). The van der Waals surface area contributed by atoms with Crippen molar-refractivity contribution in [3.8, 4) is 0 Å². The second-order valence-corrected chi connectivity index (χ2v) is 4.84. The Morgan fingerprint density at radius 2 is 1.95 bits per heavy atom. The van der Waals surface area contributed by atoms with E-state index in [0.29, 0.717) is 12.5 Å². The van der Waals surface area contributed by atoms with E-state index < -0.39 is 11.7 Å². The van der Waals surface area contributed by atoms with Gasteiger partial charge in [-0.3, -0.25) is 9.59 Å². The van der Waals surface area contributed by atoms with Crippen molar-refractivity contribution >= 4 is 11.8 Å². The SMILES string of the molecule is CC(C)CNC(=O)CN(C)C(=O)c1ccccc1F. The molecule has 2 amide bonds. The number of nitrogens with one attached hydrogen (secondary N) is 1. The van der Waals surface area contributed by atoms with Gasteiger partial charge in [0.25, 0.3) is 5.91 Å². The van der Waals surface area contributed by atoms with Gasteiger partial charge in [0, 0.05) is 13.6 Å². The fourth-order valence-corrected chi connectivity index (χ4v) is 1.50. The van der Waals surface area contributed by atoms with Crippen LogP contribution in [-0.4, -0.2) is 36.9 Å². The molecule has 0 heterocycles. The molecule has 0 atom stereocenters. The summed E-state index contributed by atoms with van der Waals surface area (Å²) in [6, 6.07) is 5.73. The first kappa shape index (κ1) is 15.1. The number of hydrogen-bond donors (Lipinski definition) is 1. The van der Waals surface area contributed by atoms with Crippen molar-refractivity contribution in [2.75, 3.05) is 20.1 Å². The molecule has 0 aliphatic rings. The van der Waals surface area contributed by atoms with Crippen LogP contribution in [0.1, 0.15) is 24.2 Å². The number of carbonyl (C=O) groups is 2. The van der Waals surface area contributed by atoms with Gasteiger partial charge >= 0.3 is 0 Å². The highest BCUT2D eigenvalue weighted by Crippen LogP contribution is 2.08. The molecular weight excluding hydrogens is 247 g/mol. The maximum absolute atomic E-state index is 13.4. The van der Waals surface area contributed by atoms with Crippen molar-refractivity contribution in [2.24, 2.45) is 5.92 Å². The highest BCUT2D eigenvalue weighted by atomic mass is 19.1. The first-order chi connectivity index (χ1) is 8.91. The Bertz CT molecular complexity index is 461. The Hall–Kier alpha value is -1.91. The molecule has 0 spiro atoms. The van der Waals surface area contributed by atoms with Gasteiger partial charge in [0.2, 0.25) is 5.91 Å². The molecule has 1 N–H and O–H groups in total. The molecule has 0 aliphatic heterocycles. The molecule has 0 aromatic heterocycles. The molecule has 0 unspecified atom stereocenters. The molecule has 0 fully saturated rings. The van der Waals surface area contributed by atoms with Crippen molar-refractivity contribution in [2.45, 2.75) is 13.8 Å². The van der Waals surface area contributed by atoms with Crippen LogP contribution in [0.3, 0.4) is 0 Å². The van der Waals surface area contributed by atoms with Crippen molar-refractivity contribution in [1.82, 2.24) is 10.2 Å². The zero-order valence-corrected chi connectivity index (χ0v) is 11.4. The summed E-state index contributed by atoms with van der Waals surface area (Å²) < 4.78 is 13.4. The standard InChI is InChI=1S/C14H19FN2O2/c1-10(2)8-16-13(18)9-17(3)14(19)11-6-4-5-7-12(11)15/h4-7,10H,8-9H2,1-3H3,(H,16,18). The summed E-state index contributed by atoms with van der Waals surface area (Å²) >= 11 is 0. The van der Waals surface area contributed by atoms with Gasteiger partial charge in [0.15, 0.2) is 0 Å². The minimum Gasteiger partial charge on any atom is -0.354 e. The quantitative estimate of drug-likeness (QED) is 0.881. The van der Waals surface area contributed by atoms with Gasteiger partial charge in [-0.15, -0.1) is 0 Å².